The third kappa shape index (κ3) is 4.85. The number of nitrogens with zero attached hydrogens (tertiary/aromatic N) is 2. The second-order valence-corrected chi connectivity index (χ2v) is 7.10. The van der Waals surface area contributed by atoms with Gasteiger partial charge >= 0.3 is 5.97 Å². The van der Waals surface area contributed by atoms with Crippen LogP contribution in [0.1, 0.15) is 19.4 Å². The molecule has 1 aliphatic rings. The Hall–Kier alpha value is -3.81. The number of benzene rings is 2. The third-order valence-corrected chi connectivity index (χ3v) is 4.64. The highest BCUT2D eigenvalue weighted by molar-refractivity contribution is 6.31. The zero-order chi connectivity index (χ0) is 22.5. The van der Waals surface area contributed by atoms with Crippen LogP contribution in [0.3, 0.4) is 0 Å². The monoisotopic (exact) mass is 423 g/mol. The van der Waals surface area contributed by atoms with Gasteiger partial charge in [-0.25, -0.2) is 9.80 Å². The number of rotatable bonds is 7. The normalized spacial score (nSPS) is 15.6. The Kier molecular flexibility index (Phi) is 6.59. The first-order valence-electron chi connectivity index (χ1n) is 9.88. The van der Waals surface area contributed by atoms with Gasteiger partial charge in [0, 0.05) is 31.4 Å². The Morgan fingerprint density at radius 2 is 1.87 bits per heavy atom. The van der Waals surface area contributed by atoms with E-state index in [0.29, 0.717) is 17.0 Å². The van der Waals surface area contributed by atoms with Crippen molar-refractivity contribution < 1.29 is 23.9 Å². The van der Waals surface area contributed by atoms with Crippen molar-refractivity contribution in [2.24, 2.45) is 0 Å². The maximum atomic E-state index is 12.9. The van der Waals surface area contributed by atoms with Gasteiger partial charge in [-0.3, -0.25) is 15.0 Å². The topological polar surface area (TPSA) is 88.2 Å². The van der Waals surface area contributed by atoms with E-state index in [1.165, 1.54) is 11.1 Å². The fraction of sp³-hybridized carbons (Fsp3) is 0.261. The molecule has 1 aliphatic heterocycles. The lowest BCUT2D eigenvalue weighted by molar-refractivity contribution is -0.150. The summed E-state index contributed by atoms with van der Waals surface area (Å²) in [6, 6.07) is 14.1. The van der Waals surface area contributed by atoms with Crippen LogP contribution in [0.25, 0.3) is 6.08 Å². The van der Waals surface area contributed by atoms with Crippen LogP contribution in [0, 0.1) is 0 Å². The Labute approximate surface area is 181 Å². The van der Waals surface area contributed by atoms with Gasteiger partial charge in [0.05, 0.1) is 12.3 Å². The van der Waals surface area contributed by atoms with E-state index in [4.69, 9.17) is 9.47 Å². The molecular formula is C23H25N3O5. The van der Waals surface area contributed by atoms with Crippen molar-refractivity contribution in [3.8, 4) is 5.75 Å². The largest absolute Gasteiger partial charge is 0.478 e. The molecule has 1 heterocycles. The van der Waals surface area contributed by atoms with E-state index in [9.17, 15) is 14.4 Å². The fourth-order valence-corrected chi connectivity index (χ4v) is 2.99. The highest BCUT2D eigenvalue weighted by atomic mass is 16.6. The predicted molar refractivity (Wildman–Crippen MR) is 118 cm³/mol. The summed E-state index contributed by atoms with van der Waals surface area (Å²) in [4.78, 5) is 39.3. The molecule has 2 aromatic carbocycles. The molecule has 1 N–H and O–H groups in total. The van der Waals surface area contributed by atoms with Gasteiger partial charge in [-0.2, -0.15) is 0 Å². The van der Waals surface area contributed by atoms with Gasteiger partial charge in [0.15, 0.2) is 6.10 Å². The van der Waals surface area contributed by atoms with E-state index >= 15 is 0 Å². The van der Waals surface area contributed by atoms with Crippen LogP contribution in [-0.2, 0) is 19.1 Å². The maximum Gasteiger partial charge on any atom is 0.347 e. The molecule has 3 rings (SSSR count). The maximum absolute atomic E-state index is 12.9. The Balaban J connectivity index is 1.96. The number of nitrogens with one attached hydrogen (secondary N) is 1. The van der Waals surface area contributed by atoms with Gasteiger partial charge in [0.25, 0.3) is 11.8 Å². The molecule has 0 spiro atoms. The SMILES string of the molecule is CCOC(=O)[C@@H](C)Oc1cc(N(C)C)ccc1/C=C1/C(=O)NN(c2ccccc2)C1=O. The van der Waals surface area contributed by atoms with Crippen LogP contribution in [0.4, 0.5) is 11.4 Å². The van der Waals surface area contributed by atoms with Crippen molar-refractivity contribution in [1.29, 1.82) is 0 Å². The average Bonchev–Trinajstić information content (AvgIpc) is 3.03. The van der Waals surface area contributed by atoms with Gasteiger partial charge in [0.2, 0.25) is 0 Å². The number of carbonyl (C=O) groups is 3. The zero-order valence-electron chi connectivity index (χ0n) is 17.9. The predicted octanol–water partition coefficient (Wildman–Crippen LogP) is 2.54. The summed E-state index contributed by atoms with van der Waals surface area (Å²) < 4.78 is 10.8. The number of hydrogen-bond donors (Lipinski definition) is 1. The summed E-state index contributed by atoms with van der Waals surface area (Å²) in [7, 11) is 3.75. The number of para-hydroxylation sites is 1. The standard InChI is InChI=1S/C23H25N3O5/c1-5-30-23(29)15(2)31-20-14-18(25(3)4)12-11-16(20)13-19-21(27)24-26(22(19)28)17-9-7-6-8-10-17/h6-15H,5H2,1-4H3,(H,24,27)/b19-13-/t15-/m1/s1. The van der Waals surface area contributed by atoms with E-state index in [0.717, 1.165) is 5.69 Å². The van der Waals surface area contributed by atoms with Crippen molar-refractivity contribution in [3.63, 3.8) is 0 Å². The lowest BCUT2D eigenvalue weighted by Crippen LogP contribution is -2.35. The minimum Gasteiger partial charge on any atom is -0.478 e. The molecule has 0 saturated carbocycles. The highest BCUT2D eigenvalue weighted by Crippen LogP contribution is 2.30. The van der Waals surface area contributed by atoms with E-state index in [1.807, 2.05) is 31.1 Å². The molecule has 2 amide bonds. The minimum atomic E-state index is -0.858. The molecule has 0 bridgehead atoms. The Bertz CT molecular complexity index is 1020. The zero-order valence-corrected chi connectivity index (χ0v) is 17.9. The second-order valence-electron chi connectivity index (χ2n) is 7.10. The first kappa shape index (κ1) is 21.9. The quantitative estimate of drug-likeness (QED) is 0.418. The first-order chi connectivity index (χ1) is 14.8. The molecule has 31 heavy (non-hydrogen) atoms. The van der Waals surface area contributed by atoms with Crippen LogP contribution < -0.4 is 20.1 Å². The molecule has 2 aromatic rings. The van der Waals surface area contributed by atoms with Crippen molar-refractivity contribution >= 4 is 35.2 Å². The van der Waals surface area contributed by atoms with Gasteiger partial charge < -0.3 is 14.4 Å². The van der Waals surface area contributed by atoms with E-state index in [-0.39, 0.29) is 12.2 Å². The summed E-state index contributed by atoms with van der Waals surface area (Å²) >= 11 is 0. The summed E-state index contributed by atoms with van der Waals surface area (Å²) in [5.41, 5.74) is 4.42. The Morgan fingerprint density at radius 1 is 1.16 bits per heavy atom. The van der Waals surface area contributed by atoms with Crippen molar-refractivity contribution in [2.75, 3.05) is 30.6 Å². The molecule has 0 aliphatic carbocycles. The molecule has 162 valence electrons. The summed E-state index contributed by atoms with van der Waals surface area (Å²) in [6.07, 6.45) is 0.608. The van der Waals surface area contributed by atoms with Crippen LogP contribution in [0.15, 0.2) is 54.1 Å². The second kappa shape index (κ2) is 9.34. The third-order valence-electron chi connectivity index (χ3n) is 4.64. The number of carbonyl (C=O) groups excluding carboxylic acids is 3. The van der Waals surface area contributed by atoms with Crippen LogP contribution in [0.2, 0.25) is 0 Å². The Morgan fingerprint density at radius 3 is 2.52 bits per heavy atom. The molecule has 1 atom stereocenters. The number of amides is 2. The van der Waals surface area contributed by atoms with Crippen LogP contribution >= 0.6 is 0 Å². The van der Waals surface area contributed by atoms with Gasteiger partial charge in [-0.15, -0.1) is 0 Å². The van der Waals surface area contributed by atoms with E-state index < -0.39 is 23.9 Å². The number of anilines is 2. The van der Waals surface area contributed by atoms with Crippen molar-refractivity contribution in [1.82, 2.24) is 5.43 Å². The van der Waals surface area contributed by atoms with Crippen molar-refractivity contribution in [3.05, 3.63) is 59.7 Å². The van der Waals surface area contributed by atoms with Gasteiger partial charge in [-0.1, -0.05) is 18.2 Å². The van der Waals surface area contributed by atoms with Crippen LogP contribution in [-0.4, -0.2) is 44.6 Å². The number of esters is 1. The summed E-state index contributed by atoms with van der Waals surface area (Å²) in [6.45, 7) is 3.54. The number of hydrazine groups is 1. The van der Waals surface area contributed by atoms with E-state index in [1.54, 1.807) is 50.2 Å². The molecular weight excluding hydrogens is 398 g/mol. The molecule has 0 aromatic heterocycles. The highest BCUT2D eigenvalue weighted by Gasteiger charge is 2.34. The van der Waals surface area contributed by atoms with Gasteiger partial charge in [0.1, 0.15) is 11.3 Å². The first-order valence-corrected chi connectivity index (χ1v) is 9.88. The number of hydrogen-bond acceptors (Lipinski definition) is 6. The molecule has 1 saturated heterocycles. The molecule has 0 unspecified atom stereocenters. The summed E-state index contributed by atoms with van der Waals surface area (Å²) in [5, 5.41) is 1.20. The smallest absolute Gasteiger partial charge is 0.347 e. The van der Waals surface area contributed by atoms with Gasteiger partial charge in [-0.05, 0) is 44.2 Å². The average molecular weight is 423 g/mol. The van der Waals surface area contributed by atoms with E-state index in [2.05, 4.69) is 5.43 Å². The minimum absolute atomic E-state index is 0.0323. The molecule has 1 fully saturated rings. The number of ether oxygens (including phenoxy) is 2. The molecule has 0 radical (unpaired) electrons. The lowest BCUT2D eigenvalue weighted by atomic mass is 10.1. The fourth-order valence-electron chi connectivity index (χ4n) is 2.99. The molecule has 8 nitrogen and oxygen atoms in total. The lowest BCUT2D eigenvalue weighted by Gasteiger charge is -2.19. The molecule has 8 heteroatoms. The summed E-state index contributed by atoms with van der Waals surface area (Å²) in [5.74, 6) is -1.13. The van der Waals surface area contributed by atoms with Crippen LogP contribution in [0.5, 0.6) is 5.75 Å². The van der Waals surface area contributed by atoms with Crippen molar-refractivity contribution in [2.45, 2.75) is 20.0 Å².